The van der Waals surface area contributed by atoms with Crippen LogP contribution in [0.1, 0.15) is 38.4 Å². The predicted molar refractivity (Wildman–Crippen MR) is 135 cm³/mol. The quantitative estimate of drug-likeness (QED) is 0.356. The molecule has 0 spiro atoms. The lowest BCUT2D eigenvalue weighted by molar-refractivity contribution is 0.0945. The molecule has 0 radical (unpaired) electrons. The summed E-state index contributed by atoms with van der Waals surface area (Å²) in [7, 11) is 3.02. The van der Waals surface area contributed by atoms with Crippen LogP contribution in [0, 0.1) is 11.3 Å². The first-order chi connectivity index (χ1) is 18.0. The number of pyridine rings is 2. The maximum atomic E-state index is 13.0. The number of carbonyl (C=O) groups is 1. The Morgan fingerprint density at radius 1 is 1.03 bits per heavy atom. The number of nitriles is 1. The van der Waals surface area contributed by atoms with E-state index in [2.05, 4.69) is 21.5 Å². The second kappa shape index (κ2) is 11.8. The predicted octanol–water partition coefficient (Wildman–Crippen LogP) is 2.49. The lowest BCUT2D eigenvalue weighted by Gasteiger charge is -2.08. The molecule has 0 fully saturated rings. The maximum absolute atomic E-state index is 13.0. The summed E-state index contributed by atoms with van der Waals surface area (Å²) in [5.74, 6) is 0.00782. The van der Waals surface area contributed by atoms with E-state index in [1.54, 1.807) is 39.8 Å². The molecule has 1 aromatic carbocycles. The summed E-state index contributed by atoms with van der Waals surface area (Å²) in [5, 5.41) is 16.7. The Hall–Kier alpha value is -4.75. The summed E-state index contributed by atoms with van der Waals surface area (Å²) < 4.78 is 13.7. The molecule has 1 amide bonds. The number of benzene rings is 1. The number of hydrogen-bond donors (Lipinski definition) is 1. The molecule has 10 nitrogen and oxygen atoms in total. The SMILES string of the molecule is COCc1nn(Cc2ccc(Cn3ccccc3=O)cc2)cc1C(=O)NCc1nc(OC)ccc1C#N. The Morgan fingerprint density at radius 3 is 2.46 bits per heavy atom. The van der Waals surface area contributed by atoms with Crippen LogP contribution in [0.3, 0.4) is 0 Å². The van der Waals surface area contributed by atoms with E-state index in [9.17, 15) is 14.9 Å². The first-order valence-electron chi connectivity index (χ1n) is 11.5. The first kappa shape index (κ1) is 25.3. The van der Waals surface area contributed by atoms with Gasteiger partial charge in [0.2, 0.25) is 5.88 Å². The van der Waals surface area contributed by atoms with Gasteiger partial charge in [0.15, 0.2) is 0 Å². The highest BCUT2D eigenvalue weighted by atomic mass is 16.5. The monoisotopic (exact) mass is 498 g/mol. The van der Waals surface area contributed by atoms with Gasteiger partial charge in [-0.1, -0.05) is 30.3 Å². The number of rotatable bonds is 10. The third-order valence-corrected chi connectivity index (χ3v) is 5.68. The molecule has 0 atom stereocenters. The zero-order chi connectivity index (χ0) is 26.2. The van der Waals surface area contributed by atoms with E-state index < -0.39 is 0 Å². The van der Waals surface area contributed by atoms with Crippen molar-refractivity contribution >= 4 is 5.91 Å². The minimum Gasteiger partial charge on any atom is -0.481 e. The molecule has 0 unspecified atom stereocenters. The summed E-state index contributed by atoms with van der Waals surface area (Å²) in [6, 6.07) is 18.2. The highest BCUT2D eigenvalue weighted by Gasteiger charge is 2.17. The molecule has 1 N–H and O–H groups in total. The fourth-order valence-corrected chi connectivity index (χ4v) is 3.79. The molecule has 3 heterocycles. The molecule has 0 bridgehead atoms. The van der Waals surface area contributed by atoms with E-state index in [1.165, 1.54) is 20.3 Å². The van der Waals surface area contributed by atoms with Crippen LogP contribution in [-0.2, 0) is 31.0 Å². The zero-order valence-electron chi connectivity index (χ0n) is 20.5. The van der Waals surface area contributed by atoms with Crippen LogP contribution in [0.5, 0.6) is 5.88 Å². The summed E-state index contributed by atoms with van der Waals surface area (Å²) in [6.07, 6.45) is 3.43. The van der Waals surface area contributed by atoms with Gasteiger partial charge in [-0.05, 0) is 23.3 Å². The molecular weight excluding hydrogens is 472 g/mol. The molecule has 4 aromatic rings. The Kier molecular flexibility index (Phi) is 8.08. The molecule has 0 aliphatic heterocycles. The smallest absolute Gasteiger partial charge is 0.255 e. The van der Waals surface area contributed by atoms with Gasteiger partial charge in [-0.3, -0.25) is 14.3 Å². The van der Waals surface area contributed by atoms with E-state index >= 15 is 0 Å². The third-order valence-electron chi connectivity index (χ3n) is 5.68. The van der Waals surface area contributed by atoms with Gasteiger partial charge in [0, 0.05) is 31.6 Å². The average Bonchev–Trinajstić information content (AvgIpc) is 3.31. The van der Waals surface area contributed by atoms with Gasteiger partial charge >= 0.3 is 0 Å². The second-order valence-electron chi connectivity index (χ2n) is 8.25. The minimum absolute atomic E-state index is 0.0503. The van der Waals surface area contributed by atoms with Crippen molar-refractivity contribution in [2.24, 2.45) is 0 Å². The van der Waals surface area contributed by atoms with Crippen LogP contribution < -0.4 is 15.6 Å². The van der Waals surface area contributed by atoms with E-state index in [-0.39, 0.29) is 24.6 Å². The number of hydrogen-bond acceptors (Lipinski definition) is 7. The zero-order valence-corrected chi connectivity index (χ0v) is 20.5. The molecule has 4 rings (SSSR count). The number of carbonyl (C=O) groups excluding carboxylic acids is 1. The van der Waals surface area contributed by atoms with E-state index in [1.807, 2.05) is 30.3 Å². The first-order valence-corrected chi connectivity index (χ1v) is 11.5. The van der Waals surface area contributed by atoms with Crippen LogP contribution >= 0.6 is 0 Å². The lowest BCUT2D eigenvalue weighted by atomic mass is 10.1. The number of amides is 1. The van der Waals surface area contributed by atoms with E-state index in [0.717, 1.165) is 11.1 Å². The Morgan fingerprint density at radius 2 is 1.78 bits per heavy atom. The molecule has 3 aromatic heterocycles. The molecule has 37 heavy (non-hydrogen) atoms. The second-order valence-corrected chi connectivity index (χ2v) is 8.25. The summed E-state index contributed by atoms with van der Waals surface area (Å²) >= 11 is 0. The Bertz CT molecular complexity index is 1480. The van der Waals surface area contributed by atoms with Crippen molar-refractivity contribution in [3.63, 3.8) is 0 Å². The van der Waals surface area contributed by atoms with Crippen molar-refractivity contribution in [2.45, 2.75) is 26.2 Å². The molecule has 0 aliphatic carbocycles. The lowest BCUT2D eigenvalue weighted by Crippen LogP contribution is -2.24. The van der Waals surface area contributed by atoms with Gasteiger partial charge in [-0.25, -0.2) is 4.98 Å². The average molecular weight is 499 g/mol. The van der Waals surface area contributed by atoms with Crippen LogP contribution in [-0.4, -0.2) is 39.5 Å². The van der Waals surface area contributed by atoms with Gasteiger partial charge in [-0.2, -0.15) is 10.4 Å². The van der Waals surface area contributed by atoms with Crippen LogP contribution in [0.2, 0.25) is 0 Å². The molecule has 0 saturated carbocycles. The Balaban J connectivity index is 1.46. The molecule has 0 saturated heterocycles. The summed E-state index contributed by atoms with van der Waals surface area (Å²) in [4.78, 5) is 29.2. The highest BCUT2D eigenvalue weighted by molar-refractivity contribution is 5.95. The minimum atomic E-state index is -0.351. The maximum Gasteiger partial charge on any atom is 0.255 e. The third kappa shape index (κ3) is 6.28. The van der Waals surface area contributed by atoms with E-state index in [4.69, 9.17) is 9.47 Å². The normalized spacial score (nSPS) is 10.6. The highest BCUT2D eigenvalue weighted by Crippen LogP contribution is 2.15. The summed E-state index contributed by atoms with van der Waals surface area (Å²) in [6.45, 7) is 1.16. The molecule has 10 heteroatoms. The van der Waals surface area contributed by atoms with Gasteiger partial charge in [0.05, 0.1) is 50.2 Å². The fraction of sp³-hybridized carbons (Fsp3) is 0.222. The van der Waals surface area contributed by atoms with Gasteiger partial charge in [-0.15, -0.1) is 0 Å². The molecule has 188 valence electrons. The molecule has 0 aliphatic rings. The van der Waals surface area contributed by atoms with Crippen molar-refractivity contribution in [3.05, 3.63) is 111 Å². The van der Waals surface area contributed by atoms with Crippen molar-refractivity contribution < 1.29 is 14.3 Å². The number of methoxy groups -OCH3 is 2. The van der Waals surface area contributed by atoms with Gasteiger partial charge in [0.1, 0.15) is 11.8 Å². The number of aromatic nitrogens is 4. The van der Waals surface area contributed by atoms with Gasteiger partial charge in [0.25, 0.3) is 11.5 Å². The number of ether oxygens (including phenoxy) is 2. The van der Waals surface area contributed by atoms with E-state index in [0.29, 0.717) is 41.5 Å². The van der Waals surface area contributed by atoms with Gasteiger partial charge < -0.3 is 19.4 Å². The largest absolute Gasteiger partial charge is 0.481 e. The van der Waals surface area contributed by atoms with Crippen molar-refractivity contribution in [2.75, 3.05) is 14.2 Å². The van der Waals surface area contributed by atoms with Crippen LogP contribution in [0.25, 0.3) is 0 Å². The van der Waals surface area contributed by atoms with Crippen LogP contribution in [0.15, 0.2) is 71.8 Å². The van der Waals surface area contributed by atoms with Crippen molar-refractivity contribution in [1.29, 1.82) is 5.26 Å². The Labute approximate surface area is 213 Å². The molecular formula is C27H26N6O4. The number of nitrogens with one attached hydrogen (secondary N) is 1. The van der Waals surface area contributed by atoms with Crippen LogP contribution in [0.4, 0.5) is 0 Å². The standard InChI is InChI=1S/C27H26N6O4/c1-36-18-24-22(27(35)29-14-23-21(13-28)10-11-25(30-23)37-2)17-33(31-24)16-20-8-6-19(7-9-20)15-32-12-4-3-5-26(32)34/h3-12,17H,14-16,18H2,1-2H3,(H,29,35). The van der Waals surface area contributed by atoms with Crippen molar-refractivity contribution in [3.8, 4) is 11.9 Å². The fourth-order valence-electron chi connectivity index (χ4n) is 3.79. The topological polar surface area (TPSA) is 124 Å². The summed E-state index contributed by atoms with van der Waals surface area (Å²) in [5.41, 5.74) is 3.58. The van der Waals surface area contributed by atoms with Crippen molar-refractivity contribution in [1.82, 2.24) is 24.6 Å². The number of nitrogens with zero attached hydrogens (tertiary/aromatic N) is 5.